The zero-order valence-electron chi connectivity index (χ0n) is 9.25. The number of thiazole rings is 1. The Bertz CT molecular complexity index is 611. The van der Waals surface area contributed by atoms with Gasteiger partial charge in [-0.15, -0.1) is 11.3 Å². The lowest BCUT2D eigenvalue weighted by atomic mass is 10.4. The van der Waals surface area contributed by atoms with E-state index in [1.807, 2.05) is 0 Å². The van der Waals surface area contributed by atoms with Crippen LogP contribution in [0.5, 0.6) is 0 Å². The van der Waals surface area contributed by atoms with Gasteiger partial charge in [0.25, 0.3) is 5.91 Å². The Balaban J connectivity index is 2.24. The van der Waals surface area contributed by atoms with E-state index in [0.29, 0.717) is 0 Å². The summed E-state index contributed by atoms with van der Waals surface area (Å²) in [5.41, 5.74) is -0.0858. The summed E-state index contributed by atoms with van der Waals surface area (Å²) in [4.78, 5) is 34.1. The Morgan fingerprint density at radius 2 is 2.06 bits per heavy atom. The van der Waals surface area contributed by atoms with Crippen molar-refractivity contribution < 1.29 is 14.7 Å². The molecule has 0 fully saturated rings. The van der Waals surface area contributed by atoms with Gasteiger partial charge in [-0.1, -0.05) is 0 Å². The molecule has 18 heavy (non-hydrogen) atoms. The topological polar surface area (TPSA) is 105 Å². The second-order valence-corrected chi connectivity index (χ2v) is 4.33. The lowest BCUT2D eigenvalue weighted by Crippen LogP contribution is -2.17. The van der Waals surface area contributed by atoms with E-state index in [4.69, 9.17) is 5.11 Å². The third-order valence-corrected chi connectivity index (χ3v) is 2.76. The monoisotopic (exact) mass is 264 g/mol. The second kappa shape index (κ2) is 4.88. The first-order valence-electron chi connectivity index (χ1n) is 4.85. The molecule has 0 saturated heterocycles. The third kappa shape index (κ3) is 2.48. The number of carboxylic acid groups (broad SMARTS) is 1. The number of carbonyl (C=O) groups is 2. The van der Waals surface area contributed by atoms with Gasteiger partial charge in [0.15, 0.2) is 11.5 Å². The van der Waals surface area contributed by atoms with Crippen LogP contribution in [-0.2, 0) is 0 Å². The van der Waals surface area contributed by atoms with E-state index in [-0.39, 0.29) is 17.2 Å². The van der Waals surface area contributed by atoms with Crippen molar-refractivity contribution in [3.63, 3.8) is 0 Å². The number of rotatable bonds is 3. The number of hydrogen-bond acceptors (Lipinski definition) is 6. The Morgan fingerprint density at radius 3 is 2.67 bits per heavy atom. The Labute approximate surface area is 106 Å². The number of aryl methyl sites for hydroxylation is 1. The van der Waals surface area contributed by atoms with Crippen LogP contribution in [0.1, 0.15) is 26.0 Å². The summed E-state index contributed by atoms with van der Waals surface area (Å²) in [6, 6.07) is 0. The number of aromatic carboxylic acids is 1. The largest absolute Gasteiger partial charge is 0.476 e. The van der Waals surface area contributed by atoms with Crippen molar-refractivity contribution in [1.29, 1.82) is 0 Å². The molecule has 0 aliphatic carbocycles. The molecule has 7 nitrogen and oxygen atoms in total. The second-order valence-electron chi connectivity index (χ2n) is 3.26. The average molecular weight is 264 g/mol. The SMILES string of the molecule is Cc1nc(C(=O)Nc2nccnc2C(=O)O)cs1. The van der Waals surface area contributed by atoms with Crippen LogP contribution in [0, 0.1) is 6.92 Å². The quantitative estimate of drug-likeness (QED) is 0.862. The van der Waals surface area contributed by atoms with E-state index < -0.39 is 11.9 Å². The highest BCUT2D eigenvalue weighted by atomic mass is 32.1. The maximum atomic E-state index is 11.8. The lowest BCUT2D eigenvalue weighted by Gasteiger charge is -2.04. The molecule has 8 heteroatoms. The van der Waals surface area contributed by atoms with Gasteiger partial charge in [-0.2, -0.15) is 0 Å². The summed E-state index contributed by atoms with van der Waals surface area (Å²) in [6.45, 7) is 1.77. The van der Waals surface area contributed by atoms with Gasteiger partial charge in [-0.05, 0) is 6.92 Å². The average Bonchev–Trinajstić information content (AvgIpc) is 2.76. The van der Waals surface area contributed by atoms with Crippen LogP contribution >= 0.6 is 11.3 Å². The number of nitrogens with one attached hydrogen (secondary N) is 1. The van der Waals surface area contributed by atoms with Gasteiger partial charge < -0.3 is 10.4 Å². The van der Waals surface area contributed by atoms with Gasteiger partial charge in [0.1, 0.15) is 5.69 Å². The molecular weight excluding hydrogens is 256 g/mol. The molecule has 0 saturated carbocycles. The first-order chi connectivity index (χ1) is 8.58. The summed E-state index contributed by atoms with van der Waals surface area (Å²) in [7, 11) is 0. The Morgan fingerprint density at radius 1 is 1.33 bits per heavy atom. The van der Waals surface area contributed by atoms with Gasteiger partial charge >= 0.3 is 5.97 Å². The van der Waals surface area contributed by atoms with Crippen molar-refractivity contribution in [3.8, 4) is 0 Å². The van der Waals surface area contributed by atoms with Gasteiger partial charge in [-0.25, -0.2) is 19.7 Å². The molecule has 2 aromatic heterocycles. The molecule has 0 spiro atoms. The number of carbonyl (C=O) groups excluding carboxylic acids is 1. The van der Waals surface area contributed by atoms with Crippen molar-refractivity contribution in [2.45, 2.75) is 6.92 Å². The summed E-state index contributed by atoms with van der Waals surface area (Å²) < 4.78 is 0. The van der Waals surface area contributed by atoms with E-state index in [9.17, 15) is 9.59 Å². The van der Waals surface area contributed by atoms with Crippen molar-refractivity contribution in [2.75, 3.05) is 5.32 Å². The molecule has 2 aromatic rings. The summed E-state index contributed by atoms with van der Waals surface area (Å²) in [5, 5.41) is 13.6. The molecule has 2 N–H and O–H groups in total. The van der Waals surface area contributed by atoms with E-state index in [2.05, 4.69) is 20.3 Å². The Kier molecular flexibility index (Phi) is 3.28. The zero-order chi connectivity index (χ0) is 13.1. The standard InChI is InChI=1S/C10H8N4O3S/c1-5-13-6(4-18-5)9(15)14-8-7(10(16)17)11-2-3-12-8/h2-4H,1H3,(H,16,17)(H,12,14,15). The molecule has 0 atom stereocenters. The number of hydrogen-bond donors (Lipinski definition) is 2. The molecule has 0 aliphatic heterocycles. The van der Waals surface area contributed by atoms with Crippen LogP contribution in [0.4, 0.5) is 5.82 Å². The van der Waals surface area contributed by atoms with Crippen LogP contribution in [0.25, 0.3) is 0 Å². The van der Waals surface area contributed by atoms with Gasteiger partial charge in [0.2, 0.25) is 0 Å². The summed E-state index contributed by atoms with van der Waals surface area (Å²) in [5.74, 6) is -1.86. The van der Waals surface area contributed by atoms with Crippen molar-refractivity contribution in [1.82, 2.24) is 15.0 Å². The van der Waals surface area contributed by atoms with Crippen LogP contribution in [0.3, 0.4) is 0 Å². The number of anilines is 1. The molecule has 0 aliphatic rings. The highest BCUT2D eigenvalue weighted by Crippen LogP contribution is 2.12. The van der Waals surface area contributed by atoms with Gasteiger partial charge in [0.05, 0.1) is 5.01 Å². The highest BCUT2D eigenvalue weighted by molar-refractivity contribution is 7.09. The minimum absolute atomic E-state index is 0.0966. The van der Waals surface area contributed by atoms with E-state index in [1.54, 1.807) is 12.3 Å². The first-order valence-corrected chi connectivity index (χ1v) is 5.73. The minimum Gasteiger partial charge on any atom is -0.476 e. The van der Waals surface area contributed by atoms with Gasteiger partial charge in [-0.3, -0.25) is 4.79 Å². The molecule has 2 rings (SSSR count). The minimum atomic E-state index is -1.26. The number of amides is 1. The molecule has 2 heterocycles. The maximum absolute atomic E-state index is 11.8. The normalized spacial score (nSPS) is 10.1. The van der Waals surface area contributed by atoms with Crippen LogP contribution in [0.15, 0.2) is 17.8 Å². The molecular formula is C10H8N4O3S. The molecule has 0 radical (unpaired) electrons. The first kappa shape index (κ1) is 12.1. The molecule has 0 unspecified atom stereocenters. The van der Waals surface area contributed by atoms with Crippen molar-refractivity contribution >= 4 is 29.0 Å². The maximum Gasteiger partial charge on any atom is 0.358 e. The fourth-order valence-corrected chi connectivity index (χ4v) is 1.82. The lowest BCUT2D eigenvalue weighted by molar-refractivity contribution is 0.0691. The molecule has 0 bridgehead atoms. The number of nitrogens with zero attached hydrogens (tertiary/aromatic N) is 3. The van der Waals surface area contributed by atoms with Crippen LogP contribution in [-0.4, -0.2) is 31.9 Å². The zero-order valence-corrected chi connectivity index (χ0v) is 10.1. The fraction of sp³-hybridized carbons (Fsp3) is 0.100. The third-order valence-electron chi connectivity index (χ3n) is 1.98. The molecule has 0 aromatic carbocycles. The van der Waals surface area contributed by atoms with Crippen molar-refractivity contribution in [3.05, 3.63) is 34.2 Å². The smallest absolute Gasteiger partial charge is 0.358 e. The predicted octanol–water partition coefficient (Wildman–Crippen LogP) is 1.19. The van der Waals surface area contributed by atoms with E-state index >= 15 is 0 Å². The van der Waals surface area contributed by atoms with Crippen LogP contribution in [0.2, 0.25) is 0 Å². The van der Waals surface area contributed by atoms with E-state index in [0.717, 1.165) is 5.01 Å². The summed E-state index contributed by atoms with van der Waals surface area (Å²) >= 11 is 1.33. The Hall–Kier alpha value is -2.35. The highest BCUT2D eigenvalue weighted by Gasteiger charge is 2.17. The number of aromatic nitrogens is 3. The molecule has 1 amide bonds. The van der Waals surface area contributed by atoms with Gasteiger partial charge in [0, 0.05) is 17.8 Å². The summed E-state index contributed by atoms with van der Waals surface area (Å²) in [6.07, 6.45) is 2.54. The van der Waals surface area contributed by atoms with E-state index in [1.165, 1.54) is 23.7 Å². The van der Waals surface area contributed by atoms with Crippen LogP contribution < -0.4 is 5.32 Å². The van der Waals surface area contributed by atoms with Crippen molar-refractivity contribution in [2.24, 2.45) is 0 Å². The number of carboxylic acids is 1. The molecule has 92 valence electrons. The predicted molar refractivity (Wildman–Crippen MR) is 63.8 cm³/mol. The fourth-order valence-electron chi connectivity index (χ4n) is 1.23.